The maximum atomic E-state index is 12.4. The average molecular weight is 336 g/mol. The van der Waals surface area contributed by atoms with E-state index in [1.807, 2.05) is 30.3 Å². The summed E-state index contributed by atoms with van der Waals surface area (Å²) in [5.74, 6) is 1.30. The Balaban J connectivity index is 1.84. The van der Waals surface area contributed by atoms with Crippen LogP contribution in [0.25, 0.3) is 27.3 Å². The molecule has 4 aromatic rings. The van der Waals surface area contributed by atoms with Crippen LogP contribution in [0.1, 0.15) is 23.8 Å². The second-order valence-corrected chi connectivity index (χ2v) is 7.63. The highest BCUT2D eigenvalue weighted by atomic mass is 32.1. The van der Waals surface area contributed by atoms with E-state index >= 15 is 0 Å². The van der Waals surface area contributed by atoms with Crippen molar-refractivity contribution < 1.29 is 0 Å². The zero-order valence-corrected chi connectivity index (χ0v) is 14.1. The highest BCUT2D eigenvalue weighted by molar-refractivity contribution is 7.19. The van der Waals surface area contributed by atoms with Crippen molar-refractivity contribution in [1.29, 1.82) is 0 Å². The maximum Gasteiger partial charge on any atom is 0.349 e. The molecule has 0 unspecified atom stereocenters. The molecule has 0 spiro atoms. The van der Waals surface area contributed by atoms with Crippen molar-refractivity contribution in [2.45, 2.75) is 26.2 Å². The van der Waals surface area contributed by atoms with E-state index in [2.05, 4.69) is 17.0 Å². The molecule has 1 N–H and O–H groups in total. The van der Waals surface area contributed by atoms with Crippen LogP contribution in [0, 0.1) is 5.92 Å². The summed E-state index contributed by atoms with van der Waals surface area (Å²) >= 11 is 1.70. The molecule has 5 rings (SSSR count). The summed E-state index contributed by atoms with van der Waals surface area (Å²) < 4.78 is 1.41. The highest BCUT2D eigenvalue weighted by Gasteiger charge is 2.24. The van der Waals surface area contributed by atoms with Crippen molar-refractivity contribution in [1.82, 2.24) is 19.6 Å². The first-order chi connectivity index (χ1) is 11.7. The largest absolute Gasteiger partial charge is 0.349 e. The van der Waals surface area contributed by atoms with Crippen molar-refractivity contribution >= 4 is 27.2 Å². The molecular formula is C18H16N4OS. The van der Waals surface area contributed by atoms with Crippen LogP contribution in [0.4, 0.5) is 0 Å². The van der Waals surface area contributed by atoms with Crippen LogP contribution in [0.2, 0.25) is 0 Å². The van der Waals surface area contributed by atoms with Gasteiger partial charge >= 0.3 is 5.69 Å². The molecule has 1 aromatic carbocycles. The number of rotatable bonds is 1. The minimum atomic E-state index is -0.223. The van der Waals surface area contributed by atoms with Crippen LogP contribution in [-0.2, 0) is 12.8 Å². The lowest BCUT2D eigenvalue weighted by molar-refractivity contribution is 0.509. The predicted molar refractivity (Wildman–Crippen MR) is 95.6 cm³/mol. The Labute approximate surface area is 142 Å². The lowest BCUT2D eigenvalue weighted by Crippen LogP contribution is -2.17. The van der Waals surface area contributed by atoms with Gasteiger partial charge in [-0.3, -0.25) is 4.98 Å². The van der Waals surface area contributed by atoms with Gasteiger partial charge in [0.2, 0.25) is 0 Å². The summed E-state index contributed by atoms with van der Waals surface area (Å²) in [7, 11) is 0. The Morgan fingerprint density at radius 3 is 2.96 bits per heavy atom. The molecule has 0 fully saturated rings. The van der Waals surface area contributed by atoms with E-state index in [0.29, 0.717) is 17.4 Å². The first-order valence-electron chi connectivity index (χ1n) is 8.19. The molecular weight excluding hydrogens is 320 g/mol. The monoisotopic (exact) mass is 336 g/mol. The van der Waals surface area contributed by atoms with E-state index < -0.39 is 0 Å². The molecule has 6 heteroatoms. The number of benzene rings is 1. The molecule has 0 amide bonds. The van der Waals surface area contributed by atoms with Crippen molar-refractivity contribution in [3.05, 3.63) is 51.3 Å². The minimum Gasteiger partial charge on any atom is -0.297 e. The number of aromatic amines is 1. The van der Waals surface area contributed by atoms with Crippen LogP contribution in [0.15, 0.2) is 35.1 Å². The number of thiophene rings is 1. The summed E-state index contributed by atoms with van der Waals surface area (Å²) in [6, 6.07) is 9.79. The number of hydrogen-bond donors (Lipinski definition) is 1. The van der Waals surface area contributed by atoms with Crippen molar-refractivity contribution in [2.24, 2.45) is 5.92 Å². The molecule has 1 aliphatic carbocycles. The van der Waals surface area contributed by atoms with E-state index in [1.165, 1.54) is 21.4 Å². The molecule has 3 heterocycles. The van der Waals surface area contributed by atoms with Crippen molar-refractivity contribution in [2.75, 3.05) is 0 Å². The van der Waals surface area contributed by atoms with Gasteiger partial charge in [0, 0.05) is 10.4 Å². The van der Waals surface area contributed by atoms with Gasteiger partial charge in [0.1, 0.15) is 4.83 Å². The first-order valence-corrected chi connectivity index (χ1v) is 9.01. The van der Waals surface area contributed by atoms with Crippen molar-refractivity contribution in [3.63, 3.8) is 0 Å². The smallest absolute Gasteiger partial charge is 0.297 e. The normalized spacial score (nSPS) is 17.5. The molecule has 1 aliphatic rings. The van der Waals surface area contributed by atoms with Gasteiger partial charge in [-0.05, 0) is 30.7 Å². The third-order valence-corrected chi connectivity index (χ3v) is 5.96. The average Bonchev–Trinajstić information content (AvgIpc) is 3.16. The zero-order valence-electron chi connectivity index (χ0n) is 13.2. The molecule has 1 atom stereocenters. The van der Waals surface area contributed by atoms with Crippen LogP contribution in [0.3, 0.4) is 0 Å². The fourth-order valence-corrected chi connectivity index (χ4v) is 4.95. The summed E-state index contributed by atoms with van der Waals surface area (Å²) in [4.78, 5) is 22.4. The maximum absolute atomic E-state index is 12.4. The number of hydrogen-bond acceptors (Lipinski definition) is 4. The quantitative estimate of drug-likeness (QED) is 0.579. The van der Waals surface area contributed by atoms with Gasteiger partial charge in [0.05, 0.1) is 5.39 Å². The topological polar surface area (TPSA) is 63.0 Å². The molecule has 120 valence electrons. The van der Waals surface area contributed by atoms with E-state index in [-0.39, 0.29) is 5.69 Å². The number of nitrogens with one attached hydrogen (secondary N) is 1. The summed E-state index contributed by atoms with van der Waals surface area (Å²) in [5, 5.41) is 5.52. The van der Waals surface area contributed by atoms with Crippen LogP contribution >= 0.6 is 11.3 Å². The zero-order chi connectivity index (χ0) is 16.3. The molecule has 3 aromatic heterocycles. The van der Waals surface area contributed by atoms with Gasteiger partial charge < -0.3 is 0 Å². The fraction of sp³-hybridized carbons (Fsp3) is 0.278. The molecule has 0 saturated carbocycles. The van der Waals surface area contributed by atoms with Gasteiger partial charge in [-0.15, -0.1) is 16.4 Å². The Morgan fingerprint density at radius 1 is 1.29 bits per heavy atom. The minimum absolute atomic E-state index is 0.223. The number of aromatic nitrogens is 4. The van der Waals surface area contributed by atoms with E-state index in [1.54, 1.807) is 11.3 Å². The number of H-pyrrole nitrogens is 1. The Morgan fingerprint density at radius 2 is 2.12 bits per heavy atom. The van der Waals surface area contributed by atoms with Gasteiger partial charge in [-0.1, -0.05) is 37.3 Å². The number of fused-ring (bicyclic) bond motifs is 5. The third-order valence-electron chi connectivity index (χ3n) is 4.79. The van der Waals surface area contributed by atoms with Gasteiger partial charge in [0.15, 0.2) is 11.5 Å². The SMILES string of the molecule is C[C@H]1CCc2c(sc3[nH]c(=O)n4nc(-c5ccccc5)nc4c23)C1. The summed E-state index contributed by atoms with van der Waals surface area (Å²) in [5.41, 5.74) is 2.73. The Hall–Kier alpha value is -2.47. The van der Waals surface area contributed by atoms with Gasteiger partial charge in [0.25, 0.3) is 0 Å². The lowest BCUT2D eigenvalue weighted by Gasteiger charge is -2.17. The second kappa shape index (κ2) is 5.01. The highest BCUT2D eigenvalue weighted by Crippen LogP contribution is 2.38. The summed E-state index contributed by atoms with van der Waals surface area (Å²) in [6.45, 7) is 2.29. The van der Waals surface area contributed by atoms with Crippen LogP contribution in [-0.4, -0.2) is 19.6 Å². The van der Waals surface area contributed by atoms with E-state index in [0.717, 1.165) is 28.6 Å². The summed E-state index contributed by atoms with van der Waals surface area (Å²) in [6.07, 6.45) is 3.32. The number of nitrogens with zero attached hydrogens (tertiary/aromatic N) is 3. The van der Waals surface area contributed by atoms with Gasteiger partial charge in [-0.2, -0.15) is 4.52 Å². The van der Waals surface area contributed by atoms with Gasteiger partial charge in [-0.25, -0.2) is 9.78 Å². The Kier molecular flexibility index (Phi) is 2.91. The third kappa shape index (κ3) is 1.96. The lowest BCUT2D eigenvalue weighted by atomic mass is 9.89. The predicted octanol–water partition coefficient (Wildman–Crippen LogP) is 3.42. The fourth-order valence-electron chi connectivity index (χ4n) is 3.55. The molecule has 0 aliphatic heterocycles. The Bertz CT molecular complexity index is 1120. The molecule has 0 saturated heterocycles. The standard InChI is InChI=1S/C18H16N4OS/c1-10-7-8-12-13(9-10)24-17-14(12)16-19-15(11-5-3-2-4-6-11)21-22(16)18(23)20-17/h2-6,10H,7-9H2,1H3,(H,20,23)/t10-/m0/s1. The first kappa shape index (κ1) is 13.9. The van der Waals surface area contributed by atoms with Crippen LogP contribution in [0.5, 0.6) is 0 Å². The van der Waals surface area contributed by atoms with E-state index in [4.69, 9.17) is 4.98 Å². The molecule has 5 nitrogen and oxygen atoms in total. The molecule has 0 bridgehead atoms. The molecule has 24 heavy (non-hydrogen) atoms. The second-order valence-electron chi connectivity index (χ2n) is 6.52. The van der Waals surface area contributed by atoms with E-state index in [9.17, 15) is 4.79 Å². The molecule has 0 radical (unpaired) electrons. The number of aryl methyl sites for hydroxylation is 1. The van der Waals surface area contributed by atoms with Crippen molar-refractivity contribution in [3.8, 4) is 11.4 Å². The van der Waals surface area contributed by atoms with Crippen LogP contribution < -0.4 is 5.69 Å².